The summed E-state index contributed by atoms with van der Waals surface area (Å²) in [6.45, 7) is 2.30. The van der Waals surface area contributed by atoms with Crippen molar-refractivity contribution in [2.24, 2.45) is 5.73 Å². The molecule has 1 atom stereocenters. The lowest BCUT2D eigenvalue weighted by atomic mass is 9.99. The molecule has 1 aliphatic rings. The number of nitrogens with two attached hydrogens (primary N) is 1. The zero-order chi connectivity index (χ0) is 9.42. The summed E-state index contributed by atoms with van der Waals surface area (Å²) in [5, 5.41) is 0. The van der Waals surface area contributed by atoms with E-state index in [1.165, 1.54) is 6.07 Å². The molecule has 1 aromatic rings. The zero-order valence-corrected chi connectivity index (χ0v) is 7.51. The van der Waals surface area contributed by atoms with Gasteiger partial charge < -0.3 is 10.5 Å². The van der Waals surface area contributed by atoms with Crippen LogP contribution in [0.2, 0.25) is 0 Å². The number of hydrogen-bond donors (Lipinski definition) is 1. The van der Waals surface area contributed by atoms with E-state index in [4.69, 9.17) is 10.5 Å². The Balaban J connectivity index is 2.56. The number of ether oxygens (including phenoxy) is 1. The van der Waals surface area contributed by atoms with E-state index in [0.29, 0.717) is 17.9 Å². The number of benzene rings is 1. The van der Waals surface area contributed by atoms with Gasteiger partial charge in [0.15, 0.2) is 0 Å². The summed E-state index contributed by atoms with van der Waals surface area (Å²) in [7, 11) is 0. The van der Waals surface area contributed by atoms with Crippen LogP contribution in [0, 0.1) is 12.7 Å². The van der Waals surface area contributed by atoms with E-state index >= 15 is 0 Å². The van der Waals surface area contributed by atoms with Crippen LogP contribution in [0.3, 0.4) is 0 Å². The highest BCUT2D eigenvalue weighted by Gasteiger charge is 2.20. The second-order valence-corrected chi connectivity index (χ2v) is 3.33. The predicted molar refractivity (Wildman–Crippen MR) is 48.2 cm³/mol. The lowest BCUT2D eigenvalue weighted by Gasteiger charge is -2.24. The van der Waals surface area contributed by atoms with Crippen molar-refractivity contribution in [2.75, 3.05) is 6.61 Å². The molecular formula is C10H12FNO. The molecular weight excluding hydrogens is 169 g/mol. The van der Waals surface area contributed by atoms with Gasteiger partial charge in [0, 0.05) is 23.6 Å². The summed E-state index contributed by atoms with van der Waals surface area (Å²) < 4.78 is 18.5. The number of rotatable bonds is 0. The highest BCUT2D eigenvalue weighted by atomic mass is 19.1. The SMILES string of the molecule is Cc1c(F)ccc2c1OCC[C@@H]2N. The van der Waals surface area contributed by atoms with Gasteiger partial charge in [0.2, 0.25) is 0 Å². The summed E-state index contributed by atoms with van der Waals surface area (Å²) in [6.07, 6.45) is 0.804. The first kappa shape index (κ1) is 8.51. The van der Waals surface area contributed by atoms with Gasteiger partial charge >= 0.3 is 0 Å². The summed E-state index contributed by atoms with van der Waals surface area (Å²) >= 11 is 0. The molecule has 2 N–H and O–H groups in total. The van der Waals surface area contributed by atoms with Crippen LogP contribution >= 0.6 is 0 Å². The van der Waals surface area contributed by atoms with Crippen molar-refractivity contribution in [3.05, 3.63) is 29.1 Å². The van der Waals surface area contributed by atoms with E-state index in [-0.39, 0.29) is 11.9 Å². The molecule has 13 heavy (non-hydrogen) atoms. The molecule has 3 heteroatoms. The smallest absolute Gasteiger partial charge is 0.129 e. The number of halogens is 1. The molecule has 1 aliphatic heterocycles. The minimum Gasteiger partial charge on any atom is -0.493 e. The van der Waals surface area contributed by atoms with Crippen molar-refractivity contribution in [1.29, 1.82) is 0 Å². The monoisotopic (exact) mass is 181 g/mol. The van der Waals surface area contributed by atoms with Gasteiger partial charge in [0.05, 0.1) is 6.61 Å². The van der Waals surface area contributed by atoms with Gasteiger partial charge in [-0.25, -0.2) is 4.39 Å². The molecule has 2 rings (SSSR count). The van der Waals surface area contributed by atoms with E-state index in [2.05, 4.69) is 0 Å². The molecule has 0 fully saturated rings. The fourth-order valence-corrected chi connectivity index (χ4v) is 1.62. The fraction of sp³-hybridized carbons (Fsp3) is 0.400. The maximum absolute atomic E-state index is 13.1. The van der Waals surface area contributed by atoms with Gasteiger partial charge in [-0.3, -0.25) is 0 Å². The maximum Gasteiger partial charge on any atom is 0.129 e. The number of fused-ring (bicyclic) bond motifs is 1. The molecule has 0 saturated heterocycles. The van der Waals surface area contributed by atoms with Crippen LogP contribution < -0.4 is 10.5 Å². The third kappa shape index (κ3) is 1.29. The molecule has 0 bridgehead atoms. The first-order valence-corrected chi connectivity index (χ1v) is 4.37. The molecule has 0 aromatic heterocycles. The van der Waals surface area contributed by atoms with E-state index in [0.717, 1.165) is 12.0 Å². The number of hydrogen-bond acceptors (Lipinski definition) is 2. The lowest BCUT2D eigenvalue weighted by Crippen LogP contribution is -2.21. The third-order valence-corrected chi connectivity index (χ3v) is 2.44. The average Bonchev–Trinajstić information content (AvgIpc) is 2.12. The molecule has 0 unspecified atom stereocenters. The molecule has 0 saturated carbocycles. The fourth-order valence-electron chi connectivity index (χ4n) is 1.62. The van der Waals surface area contributed by atoms with Crippen LogP contribution in [-0.4, -0.2) is 6.61 Å². The Bertz CT molecular complexity index is 338. The molecule has 2 nitrogen and oxygen atoms in total. The molecule has 70 valence electrons. The Labute approximate surface area is 76.5 Å². The van der Waals surface area contributed by atoms with Crippen molar-refractivity contribution in [2.45, 2.75) is 19.4 Å². The van der Waals surface area contributed by atoms with Gasteiger partial charge in [-0.05, 0) is 13.0 Å². The summed E-state index contributed by atoms with van der Waals surface area (Å²) in [4.78, 5) is 0. The summed E-state index contributed by atoms with van der Waals surface area (Å²) in [6, 6.07) is 3.15. The van der Waals surface area contributed by atoms with E-state index in [1.807, 2.05) is 0 Å². The van der Waals surface area contributed by atoms with Crippen LogP contribution in [0.15, 0.2) is 12.1 Å². The Hall–Kier alpha value is -1.09. The van der Waals surface area contributed by atoms with Crippen molar-refractivity contribution in [3.8, 4) is 5.75 Å². The van der Waals surface area contributed by atoms with Crippen molar-refractivity contribution < 1.29 is 9.13 Å². The Morgan fingerprint density at radius 2 is 2.31 bits per heavy atom. The van der Waals surface area contributed by atoms with E-state index < -0.39 is 0 Å². The van der Waals surface area contributed by atoms with Crippen molar-refractivity contribution in [1.82, 2.24) is 0 Å². The quantitative estimate of drug-likeness (QED) is 0.663. The molecule has 1 aromatic carbocycles. The molecule has 0 spiro atoms. The Kier molecular flexibility index (Phi) is 1.96. The predicted octanol–water partition coefficient (Wildman–Crippen LogP) is 1.92. The minimum atomic E-state index is -0.229. The maximum atomic E-state index is 13.1. The summed E-state index contributed by atoms with van der Waals surface area (Å²) in [5.41, 5.74) is 7.35. The molecule has 1 heterocycles. The van der Waals surface area contributed by atoms with Gasteiger partial charge in [-0.15, -0.1) is 0 Å². The van der Waals surface area contributed by atoms with Crippen LogP contribution in [0.4, 0.5) is 4.39 Å². The van der Waals surface area contributed by atoms with Crippen LogP contribution in [-0.2, 0) is 0 Å². The van der Waals surface area contributed by atoms with Crippen LogP contribution in [0.25, 0.3) is 0 Å². The Morgan fingerprint density at radius 1 is 1.54 bits per heavy atom. The highest BCUT2D eigenvalue weighted by molar-refractivity contribution is 5.44. The molecule has 0 aliphatic carbocycles. The molecule has 0 amide bonds. The van der Waals surface area contributed by atoms with Gasteiger partial charge in [0.1, 0.15) is 11.6 Å². The second kappa shape index (κ2) is 3.00. The normalized spacial score (nSPS) is 20.7. The largest absolute Gasteiger partial charge is 0.493 e. The standard InChI is InChI=1S/C10H12FNO/c1-6-8(11)3-2-7-9(12)4-5-13-10(6)7/h2-3,9H,4-5,12H2,1H3/t9-/m0/s1. The van der Waals surface area contributed by atoms with Crippen molar-refractivity contribution in [3.63, 3.8) is 0 Å². The highest BCUT2D eigenvalue weighted by Crippen LogP contribution is 2.34. The third-order valence-electron chi connectivity index (χ3n) is 2.44. The van der Waals surface area contributed by atoms with Crippen LogP contribution in [0.5, 0.6) is 5.75 Å². The lowest BCUT2D eigenvalue weighted by molar-refractivity contribution is 0.265. The molecule has 0 radical (unpaired) electrons. The first-order chi connectivity index (χ1) is 6.20. The average molecular weight is 181 g/mol. The van der Waals surface area contributed by atoms with Crippen LogP contribution in [0.1, 0.15) is 23.6 Å². The summed E-state index contributed by atoms with van der Waals surface area (Å²) in [5.74, 6) is 0.409. The first-order valence-electron chi connectivity index (χ1n) is 4.37. The van der Waals surface area contributed by atoms with Gasteiger partial charge in [-0.2, -0.15) is 0 Å². The van der Waals surface area contributed by atoms with E-state index in [9.17, 15) is 4.39 Å². The van der Waals surface area contributed by atoms with Crippen molar-refractivity contribution >= 4 is 0 Å². The topological polar surface area (TPSA) is 35.2 Å². The van der Waals surface area contributed by atoms with Gasteiger partial charge in [-0.1, -0.05) is 6.07 Å². The van der Waals surface area contributed by atoms with E-state index in [1.54, 1.807) is 13.0 Å². The van der Waals surface area contributed by atoms with Gasteiger partial charge in [0.25, 0.3) is 0 Å². The second-order valence-electron chi connectivity index (χ2n) is 3.33. The zero-order valence-electron chi connectivity index (χ0n) is 7.51. The Morgan fingerprint density at radius 3 is 3.08 bits per heavy atom. The minimum absolute atomic E-state index is 0.0111.